The van der Waals surface area contributed by atoms with E-state index < -0.39 is 64.1 Å². The predicted molar refractivity (Wildman–Crippen MR) is 137 cm³/mol. The molecule has 3 aliphatic carbocycles. The van der Waals surface area contributed by atoms with Crippen molar-refractivity contribution in [3.8, 4) is 0 Å². The lowest BCUT2D eigenvalue weighted by Gasteiger charge is -2.65. The second-order valence-electron chi connectivity index (χ2n) is 12.0. The topological polar surface area (TPSA) is 119 Å². The molecule has 204 valence electrons. The quantitative estimate of drug-likeness (QED) is 0.457. The van der Waals surface area contributed by atoms with Gasteiger partial charge in [0.1, 0.15) is 23.6 Å². The highest BCUT2D eigenvalue weighted by atomic mass is 16.6. The van der Waals surface area contributed by atoms with Gasteiger partial charge in [-0.25, -0.2) is 4.79 Å². The summed E-state index contributed by atoms with van der Waals surface area (Å²) < 4.78 is 18.0. The Balaban J connectivity index is 1.80. The molecule has 8 heteroatoms. The zero-order chi connectivity index (χ0) is 27.8. The summed E-state index contributed by atoms with van der Waals surface area (Å²) in [5.41, 5.74) is -3.99. The van der Waals surface area contributed by atoms with Gasteiger partial charge in [0, 0.05) is 24.7 Å². The zero-order valence-electron chi connectivity index (χ0n) is 22.7. The molecule has 0 radical (unpaired) electrons. The van der Waals surface area contributed by atoms with E-state index in [9.17, 15) is 24.6 Å². The Bertz CT molecular complexity index is 1250. The highest BCUT2D eigenvalue weighted by molar-refractivity contribution is 5.93. The molecule has 1 saturated heterocycles. The van der Waals surface area contributed by atoms with Gasteiger partial charge >= 0.3 is 11.9 Å². The van der Waals surface area contributed by atoms with Gasteiger partial charge in [0.15, 0.2) is 5.60 Å². The van der Waals surface area contributed by atoms with Crippen LogP contribution >= 0.6 is 0 Å². The lowest BCUT2D eigenvalue weighted by Crippen LogP contribution is -2.78. The Kier molecular flexibility index (Phi) is 6.06. The van der Waals surface area contributed by atoms with Crippen LogP contribution in [0.25, 0.3) is 0 Å². The van der Waals surface area contributed by atoms with Crippen LogP contribution in [-0.2, 0) is 23.8 Å². The molecule has 0 spiro atoms. The summed E-state index contributed by atoms with van der Waals surface area (Å²) >= 11 is 0. The molecule has 2 bridgehead atoms. The third kappa shape index (κ3) is 3.43. The summed E-state index contributed by atoms with van der Waals surface area (Å²) in [6.45, 7) is 10.2. The molecule has 0 amide bonds. The van der Waals surface area contributed by atoms with E-state index in [1.54, 1.807) is 63.3 Å². The molecule has 1 aromatic rings. The maximum atomic E-state index is 14.4. The largest absolute Gasteiger partial charge is 0.455 e. The van der Waals surface area contributed by atoms with Crippen molar-refractivity contribution in [3.63, 3.8) is 0 Å². The van der Waals surface area contributed by atoms with Crippen LogP contribution in [0.5, 0.6) is 0 Å². The van der Waals surface area contributed by atoms with Crippen LogP contribution in [0.1, 0.15) is 58.3 Å². The first-order chi connectivity index (χ1) is 17.7. The van der Waals surface area contributed by atoms with E-state index >= 15 is 0 Å². The summed E-state index contributed by atoms with van der Waals surface area (Å²) in [7, 11) is 0. The minimum atomic E-state index is -1.81. The van der Waals surface area contributed by atoms with Crippen LogP contribution in [0.15, 0.2) is 53.6 Å². The lowest BCUT2D eigenvalue weighted by atomic mass is 9.45. The zero-order valence-corrected chi connectivity index (χ0v) is 22.7. The maximum absolute atomic E-state index is 14.4. The van der Waals surface area contributed by atoms with E-state index in [-0.39, 0.29) is 24.4 Å². The number of carbonyl (C=O) groups excluding carboxylic acids is 3. The third-order valence-corrected chi connectivity index (χ3v) is 9.65. The number of hydrogen-bond donors (Lipinski definition) is 2. The van der Waals surface area contributed by atoms with E-state index in [4.69, 9.17) is 14.2 Å². The molecule has 0 aromatic heterocycles. The normalized spacial score (nSPS) is 41.2. The predicted octanol–water partition coefficient (Wildman–Crippen LogP) is 3.16. The van der Waals surface area contributed by atoms with Gasteiger partial charge in [0.2, 0.25) is 0 Å². The van der Waals surface area contributed by atoms with Crippen molar-refractivity contribution in [2.45, 2.75) is 77.5 Å². The van der Waals surface area contributed by atoms with Crippen LogP contribution in [0, 0.1) is 22.7 Å². The van der Waals surface area contributed by atoms with Crippen LogP contribution in [0.2, 0.25) is 0 Å². The highest BCUT2D eigenvalue weighted by Crippen LogP contribution is 2.63. The molecule has 38 heavy (non-hydrogen) atoms. The van der Waals surface area contributed by atoms with E-state index in [1.807, 2.05) is 13.8 Å². The molecular formula is C30H36O8. The maximum Gasteiger partial charge on any atom is 0.338 e. The fraction of sp³-hybridized carbons (Fsp3) is 0.567. The molecule has 1 saturated carbocycles. The van der Waals surface area contributed by atoms with E-state index in [0.717, 1.165) is 0 Å². The van der Waals surface area contributed by atoms with Gasteiger partial charge < -0.3 is 24.4 Å². The van der Waals surface area contributed by atoms with Crippen molar-refractivity contribution in [2.24, 2.45) is 22.7 Å². The Labute approximate surface area is 222 Å². The number of aliphatic hydroxyl groups is 2. The highest BCUT2D eigenvalue weighted by Gasteiger charge is 2.74. The van der Waals surface area contributed by atoms with Crippen LogP contribution in [0.3, 0.4) is 0 Å². The van der Waals surface area contributed by atoms with Crippen molar-refractivity contribution in [1.29, 1.82) is 0 Å². The van der Waals surface area contributed by atoms with Crippen molar-refractivity contribution >= 4 is 17.7 Å². The SMILES string of the molecule is CC(=O)O[C@@]12CO[C@@H]1C=C[C@@]1(C)C(=O)[C@H](C)C3=C(C)[C@@H](O)C[C@@](O)([C@@H](OC(=O)c4ccccc4)[C@H]21)C3(C)C. The summed E-state index contributed by atoms with van der Waals surface area (Å²) in [6.07, 6.45) is 0.280. The fourth-order valence-corrected chi connectivity index (χ4v) is 7.71. The number of ether oxygens (including phenoxy) is 3. The fourth-order valence-electron chi connectivity index (χ4n) is 7.71. The smallest absolute Gasteiger partial charge is 0.338 e. The molecule has 4 aliphatic rings. The molecule has 5 rings (SSSR count). The molecule has 8 atom stereocenters. The molecular weight excluding hydrogens is 488 g/mol. The van der Waals surface area contributed by atoms with Crippen molar-refractivity contribution in [1.82, 2.24) is 0 Å². The number of aliphatic hydroxyl groups excluding tert-OH is 1. The Morgan fingerprint density at radius 3 is 2.37 bits per heavy atom. The Morgan fingerprint density at radius 1 is 1.13 bits per heavy atom. The number of allylic oxidation sites excluding steroid dienone is 1. The summed E-state index contributed by atoms with van der Waals surface area (Å²) in [5.74, 6) is -3.08. The van der Waals surface area contributed by atoms with Crippen molar-refractivity contribution in [3.05, 3.63) is 59.2 Å². The second-order valence-corrected chi connectivity index (χ2v) is 12.0. The molecule has 2 N–H and O–H groups in total. The standard InChI is InChI=1S/C30H36O8/c1-16-20(32)14-30(35)25(37-26(34)19-10-8-7-9-11-19)23-28(6,24(33)17(2)22(16)27(30,4)5)13-12-21-29(23,15-36-21)38-18(3)31/h7-13,17,20-21,23,25,32,35H,14-15H2,1-6H3/t17-,20+,21-,23+,25+,28-,29+,30-/m1/s1. The average molecular weight is 525 g/mol. The van der Waals surface area contributed by atoms with Crippen molar-refractivity contribution in [2.75, 3.05) is 6.61 Å². The number of Topliss-reactive ketones (excluding diaryl/α,β-unsaturated/α-hetero) is 1. The number of esters is 2. The van der Waals surface area contributed by atoms with E-state index in [0.29, 0.717) is 11.1 Å². The summed E-state index contributed by atoms with van der Waals surface area (Å²) in [4.78, 5) is 40.5. The number of hydrogen-bond acceptors (Lipinski definition) is 8. The number of rotatable bonds is 3. The van der Waals surface area contributed by atoms with Gasteiger partial charge in [-0.2, -0.15) is 0 Å². The van der Waals surface area contributed by atoms with Crippen LogP contribution in [0.4, 0.5) is 0 Å². The number of ketones is 1. The Hall–Kier alpha value is -2.81. The van der Waals surface area contributed by atoms with Gasteiger partial charge in [-0.05, 0) is 37.1 Å². The second kappa shape index (κ2) is 8.60. The minimum absolute atomic E-state index is 0.0241. The molecule has 0 unspecified atom stereocenters. The lowest BCUT2D eigenvalue weighted by molar-refractivity contribution is -0.305. The molecule has 2 fully saturated rings. The van der Waals surface area contributed by atoms with Gasteiger partial charge in [-0.15, -0.1) is 0 Å². The van der Waals surface area contributed by atoms with Crippen molar-refractivity contribution < 1.29 is 38.8 Å². The molecule has 1 aliphatic heterocycles. The molecule has 8 nitrogen and oxygen atoms in total. The van der Waals surface area contributed by atoms with Gasteiger partial charge in [-0.3, -0.25) is 9.59 Å². The molecule has 1 heterocycles. The number of carbonyl (C=O) groups is 3. The first-order valence-electron chi connectivity index (χ1n) is 13.1. The average Bonchev–Trinajstić information content (AvgIpc) is 2.84. The monoisotopic (exact) mass is 524 g/mol. The van der Waals surface area contributed by atoms with Gasteiger partial charge in [-0.1, -0.05) is 51.1 Å². The minimum Gasteiger partial charge on any atom is -0.455 e. The Morgan fingerprint density at radius 2 is 1.79 bits per heavy atom. The van der Waals surface area contributed by atoms with E-state index in [1.165, 1.54) is 6.92 Å². The molecule has 1 aromatic carbocycles. The number of benzene rings is 1. The third-order valence-electron chi connectivity index (χ3n) is 9.65. The first-order valence-corrected chi connectivity index (χ1v) is 13.1. The summed E-state index contributed by atoms with van der Waals surface area (Å²) in [5, 5.41) is 23.9. The first kappa shape index (κ1) is 26.8. The van der Waals surface area contributed by atoms with Gasteiger partial charge in [0.25, 0.3) is 0 Å². The van der Waals surface area contributed by atoms with E-state index in [2.05, 4.69) is 0 Å². The number of fused-ring (bicyclic) bond motifs is 5. The van der Waals surface area contributed by atoms with Crippen LogP contribution < -0.4 is 0 Å². The summed E-state index contributed by atoms with van der Waals surface area (Å²) in [6, 6.07) is 8.40. The van der Waals surface area contributed by atoms with Gasteiger partial charge in [0.05, 0.1) is 29.6 Å². The van der Waals surface area contributed by atoms with Crippen LogP contribution in [-0.4, -0.2) is 64.1 Å².